The summed E-state index contributed by atoms with van der Waals surface area (Å²) in [4.78, 5) is 21.3. The van der Waals surface area contributed by atoms with Gasteiger partial charge in [-0.3, -0.25) is 4.79 Å². The van der Waals surface area contributed by atoms with Crippen LogP contribution in [0.2, 0.25) is 0 Å². The predicted octanol–water partition coefficient (Wildman–Crippen LogP) is 1.88. The summed E-state index contributed by atoms with van der Waals surface area (Å²) in [7, 11) is 0. The van der Waals surface area contributed by atoms with Gasteiger partial charge >= 0.3 is 0 Å². The van der Waals surface area contributed by atoms with E-state index in [0.717, 1.165) is 23.5 Å². The lowest BCUT2D eigenvalue weighted by Gasteiger charge is -2.15. The van der Waals surface area contributed by atoms with Crippen LogP contribution in [-0.4, -0.2) is 43.9 Å². The molecule has 0 radical (unpaired) electrons. The minimum atomic E-state index is -0.201. The predicted molar refractivity (Wildman–Crippen MR) is 89.3 cm³/mol. The van der Waals surface area contributed by atoms with E-state index in [-0.39, 0.29) is 17.6 Å². The van der Waals surface area contributed by atoms with Crippen molar-refractivity contribution in [1.82, 2.24) is 25.1 Å². The number of nitrogens with zero attached hydrogens (tertiary/aromatic N) is 4. The molecule has 1 saturated heterocycles. The summed E-state index contributed by atoms with van der Waals surface area (Å²) in [6, 6.07) is 3.66. The zero-order valence-electron chi connectivity index (χ0n) is 14.8. The molecule has 7 nitrogen and oxygen atoms in total. The third-order valence-corrected chi connectivity index (χ3v) is 4.03. The van der Waals surface area contributed by atoms with Crippen LogP contribution in [0.5, 0.6) is 0 Å². The van der Waals surface area contributed by atoms with E-state index in [1.165, 1.54) is 0 Å². The maximum atomic E-state index is 12.5. The van der Waals surface area contributed by atoms with Crippen LogP contribution in [0.25, 0.3) is 5.95 Å². The van der Waals surface area contributed by atoms with Crippen molar-refractivity contribution in [3.05, 3.63) is 34.9 Å². The summed E-state index contributed by atoms with van der Waals surface area (Å²) in [5.41, 5.74) is 2.71. The smallest absolute Gasteiger partial charge is 0.272 e. The number of aromatic nitrogens is 4. The number of aryl methyl sites for hydroxylation is 3. The maximum absolute atomic E-state index is 12.5. The quantitative estimate of drug-likeness (QED) is 0.930. The Balaban J connectivity index is 1.80. The Hall–Kier alpha value is -2.28. The number of carbonyl (C=O) groups excluding carboxylic acids is 1. The number of hydrogen-bond acceptors (Lipinski definition) is 5. The first kappa shape index (κ1) is 16.6. The van der Waals surface area contributed by atoms with Gasteiger partial charge in [0.05, 0.1) is 18.2 Å². The van der Waals surface area contributed by atoms with E-state index < -0.39 is 0 Å². The van der Waals surface area contributed by atoms with Crippen LogP contribution in [-0.2, 0) is 4.74 Å². The molecule has 3 heterocycles. The standard InChI is InChI=1S/C17H23N5O2/c1-10-6-11(2)19-16(18-10)22-12(3)7-14(21-22)15(23)20-13-8-17(4,5)24-9-13/h6-7,13H,8-9H2,1-5H3,(H,20,23). The summed E-state index contributed by atoms with van der Waals surface area (Å²) < 4.78 is 7.26. The highest BCUT2D eigenvalue weighted by atomic mass is 16.5. The zero-order chi connectivity index (χ0) is 17.5. The highest BCUT2D eigenvalue weighted by molar-refractivity contribution is 5.92. The van der Waals surface area contributed by atoms with Crippen LogP contribution >= 0.6 is 0 Å². The van der Waals surface area contributed by atoms with Crippen molar-refractivity contribution < 1.29 is 9.53 Å². The lowest BCUT2D eigenvalue weighted by Crippen LogP contribution is -2.36. The third-order valence-electron chi connectivity index (χ3n) is 4.03. The van der Waals surface area contributed by atoms with Gasteiger partial charge in [0.15, 0.2) is 5.69 Å². The molecule has 1 fully saturated rings. The fourth-order valence-corrected chi connectivity index (χ4v) is 2.98. The first-order chi connectivity index (χ1) is 11.2. The number of amides is 1. The molecule has 0 bridgehead atoms. The molecular weight excluding hydrogens is 306 g/mol. The Morgan fingerprint density at radius 2 is 1.92 bits per heavy atom. The SMILES string of the molecule is Cc1cc(C)nc(-n2nc(C(=O)NC3COC(C)(C)C3)cc2C)n1. The Labute approximate surface area is 141 Å². The van der Waals surface area contributed by atoms with Crippen molar-refractivity contribution in [2.24, 2.45) is 0 Å². The number of hydrogen-bond donors (Lipinski definition) is 1. The molecule has 1 aliphatic rings. The Morgan fingerprint density at radius 1 is 1.25 bits per heavy atom. The largest absolute Gasteiger partial charge is 0.373 e. The molecule has 0 saturated carbocycles. The second kappa shape index (κ2) is 5.98. The highest BCUT2D eigenvalue weighted by Crippen LogP contribution is 2.24. The summed E-state index contributed by atoms with van der Waals surface area (Å²) >= 11 is 0. The molecule has 0 aromatic carbocycles. The molecule has 7 heteroatoms. The van der Waals surface area contributed by atoms with Crippen LogP contribution in [0.15, 0.2) is 12.1 Å². The van der Waals surface area contributed by atoms with E-state index in [0.29, 0.717) is 18.2 Å². The molecule has 128 valence electrons. The van der Waals surface area contributed by atoms with Crippen LogP contribution < -0.4 is 5.32 Å². The topological polar surface area (TPSA) is 81.9 Å². The average Bonchev–Trinajstić information content (AvgIpc) is 3.00. The summed E-state index contributed by atoms with van der Waals surface area (Å²) in [6.07, 6.45) is 0.790. The van der Waals surface area contributed by atoms with E-state index in [4.69, 9.17) is 4.74 Å². The first-order valence-corrected chi connectivity index (χ1v) is 8.08. The number of ether oxygens (including phenoxy) is 1. The van der Waals surface area contributed by atoms with Gasteiger partial charge in [-0.05, 0) is 53.2 Å². The third kappa shape index (κ3) is 3.46. The van der Waals surface area contributed by atoms with Gasteiger partial charge in [0.1, 0.15) is 0 Å². The van der Waals surface area contributed by atoms with E-state index in [9.17, 15) is 4.79 Å². The van der Waals surface area contributed by atoms with Crippen LogP contribution in [0.4, 0.5) is 0 Å². The second-order valence-electron chi connectivity index (χ2n) is 6.98. The normalized spacial score (nSPS) is 19.5. The molecule has 1 N–H and O–H groups in total. The van der Waals surface area contributed by atoms with Gasteiger partial charge in [-0.1, -0.05) is 0 Å². The van der Waals surface area contributed by atoms with E-state index in [1.807, 2.05) is 40.7 Å². The van der Waals surface area contributed by atoms with E-state index >= 15 is 0 Å². The lowest BCUT2D eigenvalue weighted by atomic mass is 10.0. The van der Waals surface area contributed by atoms with E-state index in [2.05, 4.69) is 20.4 Å². The van der Waals surface area contributed by atoms with Gasteiger partial charge in [0.25, 0.3) is 11.9 Å². The molecule has 1 unspecified atom stereocenters. The highest BCUT2D eigenvalue weighted by Gasteiger charge is 2.33. The number of rotatable bonds is 3. The van der Waals surface area contributed by atoms with Crippen molar-refractivity contribution in [3.63, 3.8) is 0 Å². The molecular formula is C17H23N5O2. The molecule has 1 atom stereocenters. The molecule has 3 rings (SSSR count). The van der Waals surface area contributed by atoms with Gasteiger partial charge in [-0.2, -0.15) is 5.10 Å². The van der Waals surface area contributed by atoms with Crippen molar-refractivity contribution in [3.8, 4) is 5.95 Å². The van der Waals surface area contributed by atoms with Gasteiger partial charge in [-0.25, -0.2) is 14.6 Å². The minimum Gasteiger partial charge on any atom is -0.373 e. The molecule has 0 aliphatic carbocycles. The Morgan fingerprint density at radius 3 is 2.50 bits per heavy atom. The summed E-state index contributed by atoms with van der Waals surface area (Å²) in [5.74, 6) is 0.280. The van der Waals surface area contributed by atoms with Crippen molar-refractivity contribution in [1.29, 1.82) is 0 Å². The molecule has 0 spiro atoms. The number of nitrogens with one attached hydrogen (secondary N) is 1. The van der Waals surface area contributed by atoms with Crippen molar-refractivity contribution in [2.75, 3.05) is 6.61 Å². The van der Waals surface area contributed by atoms with Crippen molar-refractivity contribution >= 4 is 5.91 Å². The fourth-order valence-electron chi connectivity index (χ4n) is 2.98. The first-order valence-electron chi connectivity index (χ1n) is 8.08. The van der Waals surface area contributed by atoms with Crippen LogP contribution in [0, 0.1) is 20.8 Å². The lowest BCUT2D eigenvalue weighted by molar-refractivity contribution is 0.0355. The maximum Gasteiger partial charge on any atom is 0.272 e. The zero-order valence-corrected chi connectivity index (χ0v) is 14.8. The summed E-state index contributed by atoms with van der Waals surface area (Å²) in [5, 5.41) is 7.36. The van der Waals surface area contributed by atoms with E-state index in [1.54, 1.807) is 10.7 Å². The molecule has 1 amide bonds. The Bertz CT molecular complexity index is 761. The monoisotopic (exact) mass is 329 g/mol. The van der Waals surface area contributed by atoms with Crippen LogP contribution in [0.1, 0.15) is 47.8 Å². The minimum absolute atomic E-state index is 0.00965. The van der Waals surface area contributed by atoms with Gasteiger partial charge in [0, 0.05) is 17.1 Å². The molecule has 2 aromatic rings. The molecule has 2 aromatic heterocycles. The molecule has 24 heavy (non-hydrogen) atoms. The molecule has 1 aliphatic heterocycles. The average molecular weight is 329 g/mol. The van der Waals surface area contributed by atoms with Crippen LogP contribution in [0.3, 0.4) is 0 Å². The Kier molecular flexibility index (Phi) is 4.13. The van der Waals surface area contributed by atoms with Gasteiger partial charge in [0.2, 0.25) is 0 Å². The summed E-state index contributed by atoms with van der Waals surface area (Å²) in [6.45, 7) is 10.3. The van der Waals surface area contributed by atoms with Crippen molar-refractivity contribution in [2.45, 2.75) is 52.7 Å². The van der Waals surface area contributed by atoms with Gasteiger partial charge < -0.3 is 10.1 Å². The second-order valence-corrected chi connectivity index (χ2v) is 6.98. The number of carbonyl (C=O) groups is 1. The fraction of sp³-hybridized carbons (Fsp3) is 0.529. The van der Waals surface area contributed by atoms with Gasteiger partial charge in [-0.15, -0.1) is 0 Å².